The third-order valence-corrected chi connectivity index (χ3v) is 2.89. The van der Waals surface area contributed by atoms with E-state index in [1.54, 1.807) is 18.2 Å². The largest absolute Gasteiger partial charge is 0.478 e. The van der Waals surface area contributed by atoms with Crippen LogP contribution in [0.2, 0.25) is 0 Å². The number of hydrogen-bond acceptors (Lipinski definition) is 3. The quantitative estimate of drug-likeness (QED) is 0.795. The van der Waals surface area contributed by atoms with Gasteiger partial charge in [0.25, 0.3) is 0 Å². The molecule has 1 aliphatic carbocycles. The van der Waals surface area contributed by atoms with E-state index < -0.39 is 5.97 Å². The average molecular weight is 246 g/mol. The van der Waals surface area contributed by atoms with E-state index >= 15 is 0 Å². The molecule has 94 valence electrons. The monoisotopic (exact) mass is 246 g/mol. The van der Waals surface area contributed by atoms with E-state index in [0.717, 1.165) is 25.3 Å². The Morgan fingerprint density at radius 3 is 2.78 bits per heavy atom. The highest BCUT2D eigenvalue weighted by Gasteiger charge is 2.25. The maximum Gasteiger partial charge on any atom is 0.328 e. The van der Waals surface area contributed by atoms with Crippen LogP contribution in [0.3, 0.4) is 0 Å². The topological polar surface area (TPSA) is 79.3 Å². The lowest BCUT2D eigenvalue weighted by atomic mass is 9.85. The van der Waals surface area contributed by atoms with Crippen molar-refractivity contribution in [2.45, 2.75) is 19.3 Å². The van der Waals surface area contributed by atoms with Crippen LogP contribution in [0.1, 0.15) is 25.0 Å². The number of pyridine rings is 1. The molecule has 0 aliphatic heterocycles. The smallest absolute Gasteiger partial charge is 0.328 e. The van der Waals surface area contributed by atoms with Crippen molar-refractivity contribution < 1.29 is 14.7 Å². The van der Waals surface area contributed by atoms with Crippen molar-refractivity contribution in [3.8, 4) is 0 Å². The normalized spacial score (nSPS) is 15.3. The molecule has 1 saturated carbocycles. The van der Waals surface area contributed by atoms with Crippen LogP contribution in [-0.4, -0.2) is 22.0 Å². The van der Waals surface area contributed by atoms with Gasteiger partial charge < -0.3 is 10.4 Å². The minimum atomic E-state index is -1.03. The minimum absolute atomic E-state index is 0.00638. The number of anilines is 1. The van der Waals surface area contributed by atoms with Gasteiger partial charge in [0.15, 0.2) is 0 Å². The zero-order valence-electron chi connectivity index (χ0n) is 9.80. The highest BCUT2D eigenvalue weighted by molar-refractivity contribution is 5.92. The van der Waals surface area contributed by atoms with Gasteiger partial charge in [0, 0.05) is 12.0 Å². The second-order valence-corrected chi connectivity index (χ2v) is 4.24. The molecule has 1 heterocycles. The molecule has 0 spiro atoms. The maximum absolute atomic E-state index is 11.7. The first-order valence-electron chi connectivity index (χ1n) is 5.84. The molecule has 0 radical (unpaired) electrons. The fraction of sp³-hybridized carbons (Fsp3) is 0.308. The summed E-state index contributed by atoms with van der Waals surface area (Å²) in [4.78, 5) is 26.2. The third kappa shape index (κ3) is 3.16. The van der Waals surface area contributed by atoms with Gasteiger partial charge in [0.2, 0.25) is 5.91 Å². The molecule has 5 heteroatoms. The van der Waals surface area contributed by atoms with Crippen molar-refractivity contribution in [1.29, 1.82) is 0 Å². The molecule has 0 aromatic carbocycles. The van der Waals surface area contributed by atoms with Crippen molar-refractivity contribution in [2.75, 3.05) is 5.32 Å². The zero-order chi connectivity index (χ0) is 13.0. The van der Waals surface area contributed by atoms with E-state index in [1.807, 2.05) is 0 Å². The number of carboxylic acid groups (broad SMARTS) is 1. The summed E-state index contributed by atoms with van der Waals surface area (Å²) in [5, 5.41) is 11.3. The molecule has 0 saturated heterocycles. The Morgan fingerprint density at radius 2 is 2.17 bits per heavy atom. The number of hydrogen-bond donors (Lipinski definition) is 2. The first-order valence-corrected chi connectivity index (χ1v) is 5.84. The Labute approximate surface area is 105 Å². The van der Waals surface area contributed by atoms with Crippen molar-refractivity contribution >= 4 is 23.8 Å². The van der Waals surface area contributed by atoms with E-state index in [2.05, 4.69) is 10.3 Å². The number of aromatic nitrogens is 1. The van der Waals surface area contributed by atoms with E-state index in [-0.39, 0.29) is 11.8 Å². The number of carbonyl (C=O) groups is 2. The van der Waals surface area contributed by atoms with Gasteiger partial charge in [-0.05, 0) is 31.1 Å². The predicted octanol–water partition coefficient (Wildman–Crippen LogP) is 1.92. The Hall–Kier alpha value is -2.17. The number of carboxylic acids is 1. The van der Waals surface area contributed by atoms with Gasteiger partial charge in [-0.2, -0.15) is 0 Å². The Morgan fingerprint density at radius 1 is 1.39 bits per heavy atom. The number of rotatable bonds is 4. The summed E-state index contributed by atoms with van der Waals surface area (Å²) in [5.74, 6) is -0.474. The van der Waals surface area contributed by atoms with Crippen LogP contribution < -0.4 is 5.32 Å². The molecule has 2 rings (SSSR count). The maximum atomic E-state index is 11.7. The number of amides is 1. The lowest BCUT2D eigenvalue weighted by Crippen LogP contribution is -2.28. The van der Waals surface area contributed by atoms with Crippen molar-refractivity contribution in [3.63, 3.8) is 0 Å². The molecule has 1 aromatic rings. The van der Waals surface area contributed by atoms with Crippen LogP contribution in [0.25, 0.3) is 6.08 Å². The summed E-state index contributed by atoms with van der Waals surface area (Å²) >= 11 is 0. The molecule has 0 bridgehead atoms. The van der Waals surface area contributed by atoms with Crippen molar-refractivity contribution in [2.24, 2.45) is 5.92 Å². The summed E-state index contributed by atoms with van der Waals surface area (Å²) in [6, 6.07) is 5.10. The molecule has 1 fully saturated rings. The summed E-state index contributed by atoms with van der Waals surface area (Å²) in [7, 11) is 0. The average Bonchev–Trinajstić information content (AvgIpc) is 2.24. The molecule has 2 N–H and O–H groups in total. The van der Waals surface area contributed by atoms with E-state index in [1.165, 1.54) is 6.08 Å². The van der Waals surface area contributed by atoms with Gasteiger partial charge in [-0.3, -0.25) is 4.79 Å². The lowest BCUT2D eigenvalue weighted by molar-refractivity contribution is -0.131. The standard InChI is InChI=1S/C13H14N2O3/c16-12(17)8-7-10-5-2-6-11(14-10)15-13(18)9-3-1-4-9/h2,5-9H,1,3-4H2,(H,16,17)(H,14,15,18)/b8-7+. The van der Waals surface area contributed by atoms with Crippen LogP contribution in [0.15, 0.2) is 24.3 Å². The predicted molar refractivity (Wildman–Crippen MR) is 66.9 cm³/mol. The molecule has 1 amide bonds. The van der Waals surface area contributed by atoms with Gasteiger partial charge in [-0.25, -0.2) is 9.78 Å². The van der Waals surface area contributed by atoms with Crippen LogP contribution in [0, 0.1) is 5.92 Å². The number of nitrogens with one attached hydrogen (secondary N) is 1. The highest BCUT2D eigenvalue weighted by Crippen LogP contribution is 2.27. The van der Waals surface area contributed by atoms with E-state index in [4.69, 9.17) is 5.11 Å². The van der Waals surface area contributed by atoms with Crippen LogP contribution in [0.4, 0.5) is 5.82 Å². The Balaban J connectivity index is 2.02. The van der Waals surface area contributed by atoms with Crippen LogP contribution in [-0.2, 0) is 9.59 Å². The zero-order valence-corrected chi connectivity index (χ0v) is 9.80. The van der Waals surface area contributed by atoms with Gasteiger partial charge in [-0.1, -0.05) is 12.5 Å². The van der Waals surface area contributed by atoms with Gasteiger partial charge in [0.05, 0.1) is 5.69 Å². The van der Waals surface area contributed by atoms with Crippen LogP contribution in [0.5, 0.6) is 0 Å². The number of nitrogens with zero attached hydrogens (tertiary/aromatic N) is 1. The highest BCUT2D eigenvalue weighted by atomic mass is 16.4. The summed E-state index contributed by atoms with van der Waals surface area (Å²) in [6.07, 6.45) is 5.38. The first kappa shape index (κ1) is 12.3. The Kier molecular flexibility index (Phi) is 3.72. The Bertz CT molecular complexity index is 493. The molecule has 5 nitrogen and oxygen atoms in total. The molecule has 1 aromatic heterocycles. The third-order valence-electron chi connectivity index (χ3n) is 2.89. The fourth-order valence-corrected chi connectivity index (χ4v) is 1.67. The van der Waals surface area contributed by atoms with E-state index in [0.29, 0.717) is 11.5 Å². The first-order chi connectivity index (χ1) is 8.65. The second kappa shape index (κ2) is 5.44. The van der Waals surface area contributed by atoms with Gasteiger partial charge >= 0.3 is 5.97 Å². The molecule has 18 heavy (non-hydrogen) atoms. The lowest BCUT2D eigenvalue weighted by Gasteiger charge is -2.23. The van der Waals surface area contributed by atoms with Crippen LogP contribution >= 0.6 is 0 Å². The van der Waals surface area contributed by atoms with Gasteiger partial charge in [-0.15, -0.1) is 0 Å². The molecule has 0 unspecified atom stereocenters. The number of carbonyl (C=O) groups excluding carboxylic acids is 1. The summed E-state index contributed by atoms with van der Waals surface area (Å²) < 4.78 is 0. The SMILES string of the molecule is O=C(O)/C=C/c1cccc(NC(=O)C2CCC2)n1. The van der Waals surface area contributed by atoms with Crippen molar-refractivity contribution in [3.05, 3.63) is 30.0 Å². The van der Waals surface area contributed by atoms with Gasteiger partial charge in [0.1, 0.15) is 5.82 Å². The molecule has 0 atom stereocenters. The van der Waals surface area contributed by atoms with E-state index in [9.17, 15) is 9.59 Å². The summed E-state index contributed by atoms with van der Waals surface area (Å²) in [6.45, 7) is 0. The fourth-order valence-electron chi connectivity index (χ4n) is 1.67. The molecule has 1 aliphatic rings. The van der Waals surface area contributed by atoms with Crippen molar-refractivity contribution in [1.82, 2.24) is 4.98 Å². The summed E-state index contributed by atoms with van der Waals surface area (Å²) in [5.41, 5.74) is 0.504. The number of aliphatic carboxylic acids is 1. The second-order valence-electron chi connectivity index (χ2n) is 4.24. The minimum Gasteiger partial charge on any atom is -0.478 e. The molecular weight excluding hydrogens is 232 g/mol. The molecular formula is C13H14N2O3.